The number of halogens is 7. The van der Waals surface area contributed by atoms with Gasteiger partial charge in [0.2, 0.25) is 0 Å². The number of hydrazone groups is 1. The van der Waals surface area contributed by atoms with Gasteiger partial charge in [0.25, 0.3) is 0 Å². The first-order valence-electron chi connectivity index (χ1n) is 7.66. The number of hydrogen-bond donors (Lipinski definition) is 1. The maximum Gasteiger partial charge on any atom is 0.462 e. The van der Waals surface area contributed by atoms with Crippen molar-refractivity contribution in [2.24, 2.45) is 5.10 Å². The summed E-state index contributed by atoms with van der Waals surface area (Å²) < 4.78 is 90.1. The van der Waals surface area contributed by atoms with Crippen LogP contribution in [0.3, 0.4) is 0 Å². The smallest absolute Gasteiger partial charge is 0.318 e. The van der Waals surface area contributed by atoms with Crippen molar-refractivity contribution in [1.82, 2.24) is 9.99 Å². The van der Waals surface area contributed by atoms with E-state index in [1.54, 1.807) is 24.5 Å². The van der Waals surface area contributed by atoms with E-state index < -0.39 is 18.1 Å². The Morgan fingerprint density at radius 3 is 2.00 bits per heavy atom. The second-order valence-corrected chi connectivity index (χ2v) is 6.01. The minimum Gasteiger partial charge on any atom is -0.318 e. The summed E-state index contributed by atoms with van der Waals surface area (Å²) in [5.74, 6) is -6.27. The Morgan fingerprint density at radius 2 is 1.48 bits per heavy atom. The van der Waals surface area contributed by atoms with Gasteiger partial charge >= 0.3 is 18.1 Å². The molecule has 0 amide bonds. The molecule has 0 spiro atoms. The van der Waals surface area contributed by atoms with Gasteiger partial charge in [0.1, 0.15) is 0 Å². The summed E-state index contributed by atoms with van der Waals surface area (Å²) in [5, 5.41) is 2.90. The van der Waals surface area contributed by atoms with Crippen molar-refractivity contribution in [3.8, 4) is 5.69 Å². The minimum atomic E-state index is -6.42. The Kier molecular flexibility index (Phi) is 5.31. The first-order chi connectivity index (χ1) is 12.3. The van der Waals surface area contributed by atoms with E-state index in [2.05, 4.69) is 5.10 Å². The van der Waals surface area contributed by atoms with E-state index >= 15 is 0 Å². The van der Waals surface area contributed by atoms with Gasteiger partial charge in [-0.25, -0.2) is 5.43 Å². The van der Waals surface area contributed by atoms with E-state index in [1.807, 2.05) is 31.2 Å². The van der Waals surface area contributed by atoms with Gasteiger partial charge in [0.15, 0.2) is 0 Å². The predicted molar refractivity (Wildman–Crippen MR) is 86.7 cm³/mol. The quantitative estimate of drug-likeness (QED) is 0.324. The number of nitrogens with zero attached hydrogens (tertiary/aromatic N) is 2. The summed E-state index contributed by atoms with van der Waals surface area (Å²) in [4.78, 5) is 0. The largest absolute Gasteiger partial charge is 0.462 e. The molecule has 27 heavy (non-hydrogen) atoms. The van der Waals surface area contributed by atoms with Crippen LogP contribution in [0.15, 0.2) is 35.4 Å². The average Bonchev–Trinajstić information content (AvgIpc) is 2.81. The zero-order valence-electron chi connectivity index (χ0n) is 14.5. The van der Waals surface area contributed by atoms with Crippen LogP contribution in [0.2, 0.25) is 0 Å². The average molecular weight is 395 g/mol. The van der Waals surface area contributed by atoms with E-state index in [1.165, 1.54) is 0 Å². The second-order valence-electron chi connectivity index (χ2n) is 6.01. The molecular weight excluding hydrogens is 379 g/mol. The Morgan fingerprint density at radius 1 is 0.926 bits per heavy atom. The highest BCUT2D eigenvalue weighted by Gasteiger charge is 2.73. The zero-order chi connectivity index (χ0) is 20.6. The van der Waals surface area contributed by atoms with Gasteiger partial charge in [-0.2, -0.15) is 35.8 Å². The van der Waals surface area contributed by atoms with Gasteiger partial charge in [0.05, 0.1) is 6.21 Å². The molecule has 0 unspecified atom stereocenters. The topological polar surface area (TPSA) is 29.3 Å². The Hall–Kier alpha value is -2.52. The van der Waals surface area contributed by atoms with Gasteiger partial charge in [0, 0.05) is 22.6 Å². The fourth-order valence-corrected chi connectivity index (χ4v) is 2.44. The molecule has 0 saturated carbocycles. The predicted octanol–water partition coefficient (Wildman–Crippen LogP) is 5.12. The zero-order valence-corrected chi connectivity index (χ0v) is 14.5. The van der Waals surface area contributed by atoms with E-state index in [9.17, 15) is 30.7 Å². The van der Waals surface area contributed by atoms with Crippen LogP contribution in [-0.2, 0) is 0 Å². The number of benzene rings is 1. The van der Waals surface area contributed by atoms with Crippen LogP contribution in [0.25, 0.3) is 5.69 Å². The molecule has 2 rings (SSSR count). The normalized spacial score (nSPS) is 13.4. The summed E-state index contributed by atoms with van der Waals surface area (Å²) >= 11 is 0. The van der Waals surface area contributed by atoms with Crippen molar-refractivity contribution in [3.63, 3.8) is 0 Å². The molecular formula is C17H16F7N3. The lowest BCUT2D eigenvalue weighted by Gasteiger charge is -2.27. The molecule has 1 heterocycles. The maximum absolute atomic E-state index is 13.2. The summed E-state index contributed by atoms with van der Waals surface area (Å²) in [6.45, 7) is 5.26. The Labute approximate surface area is 150 Å². The third kappa shape index (κ3) is 3.93. The van der Waals surface area contributed by atoms with E-state index in [-0.39, 0.29) is 5.56 Å². The van der Waals surface area contributed by atoms with Gasteiger partial charge in [-0.3, -0.25) is 0 Å². The van der Waals surface area contributed by atoms with Crippen LogP contribution >= 0.6 is 0 Å². The molecule has 0 saturated heterocycles. The van der Waals surface area contributed by atoms with Crippen LogP contribution < -0.4 is 5.43 Å². The number of aryl methyl sites for hydroxylation is 2. The summed E-state index contributed by atoms with van der Waals surface area (Å²) in [5.41, 5.74) is 3.95. The Bertz CT molecular complexity index is 833. The van der Waals surface area contributed by atoms with Crippen molar-refractivity contribution in [3.05, 3.63) is 52.8 Å². The Balaban J connectivity index is 2.26. The van der Waals surface area contributed by atoms with Crippen LogP contribution in [0, 0.1) is 20.8 Å². The SMILES string of the molecule is Cc1ccc(-n2c(C)cc(/C=N\NC(F)(F)C(F)(F)C(F)(F)F)c2C)cc1. The van der Waals surface area contributed by atoms with Gasteiger partial charge in [-0.1, -0.05) is 17.7 Å². The number of aromatic nitrogens is 1. The van der Waals surface area contributed by atoms with Gasteiger partial charge < -0.3 is 4.57 Å². The fourth-order valence-electron chi connectivity index (χ4n) is 2.44. The van der Waals surface area contributed by atoms with Crippen molar-refractivity contribution in [2.45, 2.75) is 38.9 Å². The molecule has 0 fully saturated rings. The number of alkyl halides is 7. The van der Waals surface area contributed by atoms with Crippen LogP contribution in [-0.4, -0.2) is 28.9 Å². The first kappa shape index (κ1) is 20.8. The highest BCUT2D eigenvalue weighted by Crippen LogP contribution is 2.45. The molecule has 0 bridgehead atoms. The van der Waals surface area contributed by atoms with E-state index in [0.29, 0.717) is 16.8 Å². The molecule has 148 valence electrons. The van der Waals surface area contributed by atoms with E-state index in [4.69, 9.17) is 0 Å². The minimum absolute atomic E-state index is 0.284. The highest BCUT2D eigenvalue weighted by molar-refractivity contribution is 5.82. The monoisotopic (exact) mass is 395 g/mol. The molecule has 3 nitrogen and oxygen atoms in total. The van der Waals surface area contributed by atoms with Crippen molar-refractivity contribution in [1.29, 1.82) is 0 Å². The third-order valence-electron chi connectivity index (χ3n) is 3.92. The van der Waals surface area contributed by atoms with Crippen LogP contribution in [0.1, 0.15) is 22.5 Å². The summed E-state index contributed by atoms with van der Waals surface area (Å²) in [7, 11) is 0. The first-order valence-corrected chi connectivity index (χ1v) is 7.66. The van der Waals surface area contributed by atoms with Crippen LogP contribution in [0.4, 0.5) is 30.7 Å². The second kappa shape index (κ2) is 6.90. The molecule has 0 aliphatic rings. The van der Waals surface area contributed by atoms with E-state index in [0.717, 1.165) is 17.5 Å². The van der Waals surface area contributed by atoms with Crippen molar-refractivity contribution in [2.75, 3.05) is 0 Å². The molecule has 0 aliphatic heterocycles. The lowest BCUT2D eigenvalue weighted by molar-refractivity contribution is -0.361. The molecule has 0 atom stereocenters. The molecule has 1 aromatic carbocycles. The van der Waals surface area contributed by atoms with Gasteiger partial charge in [-0.15, -0.1) is 0 Å². The molecule has 2 aromatic rings. The standard InChI is InChI=1S/C17H16F7N3/c1-10-4-6-14(7-5-10)27-11(2)8-13(12(27)3)9-25-26-17(23,24)15(18,19)16(20,21)22/h4-9,26H,1-3H3/b25-9-. The summed E-state index contributed by atoms with van der Waals surface area (Å²) in [6, 6.07) is 3.33. The molecule has 1 N–H and O–H groups in total. The van der Waals surface area contributed by atoms with Gasteiger partial charge in [-0.05, 0) is 39.0 Å². The number of nitrogens with one attached hydrogen (secondary N) is 1. The van der Waals surface area contributed by atoms with Crippen LogP contribution in [0.5, 0.6) is 0 Å². The fraction of sp³-hybridized carbons (Fsp3) is 0.353. The molecule has 0 aliphatic carbocycles. The number of hydrogen-bond acceptors (Lipinski definition) is 2. The van der Waals surface area contributed by atoms with Crippen molar-refractivity contribution >= 4 is 6.21 Å². The maximum atomic E-state index is 13.2. The molecule has 1 aromatic heterocycles. The third-order valence-corrected chi connectivity index (χ3v) is 3.92. The highest BCUT2D eigenvalue weighted by atomic mass is 19.4. The lowest BCUT2D eigenvalue weighted by Crippen LogP contribution is -2.58. The molecule has 0 radical (unpaired) electrons. The van der Waals surface area contributed by atoms with Crippen molar-refractivity contribution < 1.29 is 30.7 Å². The summed E-state index contributed by atoms with van der Waals surface area (Å²) in [6.07, 6.45) is -5.65. The lowest BCUT2D eigenvalue weighted by atomic mass is 10.2. The number of rotatable bonds is 5. The molecule has 10 heteroatoms.